The summed E-state index contributed by atoms with van der Waals surface area (Å²) >= 11 is 0. The van der Waals surface area contributed by atoms with Crippen LogP contribution in [0.25, 0.3) is 6.08 Å². The maximum absolute atomic E-state index is 13.8. The normalized spacial score (nSPS) is 16.0. The number of nitrogens with one attached hydrogen (secondary N) is 1. The predicted molar refractivity (Wildman–Crippen MR) is 77.4 cm³/mol. The molecule has 1 aliphatic rings. The van der Waals surface area contributed by atoms with Gasteiger partial charge in [0.15, 0.2) is 0 Å². The van der Waals surface area contributed by atoms with E-state index in [4.69, 9.17) is 5.11 Å². The number of benzene rings is 1. The maximum atomic E-state index is 13.8. The molecule has 0 aliphatic heterocycles. The van der Waals surface area contributed by atoms with Gasteiger partial charge in [-0.15, -0.1) is 0 Å². The van der Waals surface area contributed by atoms with Crippen LogP contribution in [0.1, 0.15) is 48.0 Å². The Hall–Kier alpha value is -2.17. The molecular formula is C16H18FNO3. The molecular weight excluding hydrogens is 273 g/mol. The van der Waals surface area contributed by atoms with Gasteiger partial charge in [0, 0.05) is 23.2 Å². The average molecular weight is 291 g/mol. The van der Waals surface area contributed by atoms with Crippen molar-refractivity contribution in [3.63, 3.8) is 0 Å². The van der Waals surface area contributed by atoms with E-state index in [0.717, 1.165) is 37.8 Å². The fourth-order valence-corrected chi connectivity index (χ4v) is 2.48. The van der Waals surface area contributed by atoms with Crippen molar-refractivity contribution in [3.05, 3.63) is 41.2 Å². The first-order valence-corrected chi connectivity index (χ1v) is 7.07. The van der Waals surface area contributed by atoms with Gasteiger partial charge in [-0.3, -0.25) is 4.79 Å². The molecule has 1 aliphatic carbocycles. The van der Waals surface area contributed by atoms with Gasteiger partial charge >= 0.3 is 5.97 Å². The van der Waals surface area contributed by atoms with Gasteiger partial charge in [0.1, 0.15) is 5.82 Å². The number of amides is 1. The lowest BCUT2D eigenvalue weighted by molar-refractivity contribution is -0.131. The summed E-state index contributed by atoms with van der Waals surface area (Å²) in [7, 11) is 0. The minimum Gasteiger partial charge on any atom is -0.478 e. The van der Waals surface area contributed by atoms with Crippen LogP contribution in [0.4, 0.5) is 4.39 Å². The quantitative estimate of drug-likeness (QED) is 0.838. The largest absolute Gasteiger partial charge is 0.478 e. The molecule has 0 saturated heterocycles. The number of rotatable bonds is 4. The summed E-state index contributed by atoms with van der Waals surface area (Å²) < 4.78 is 13.8. The molecule has 1 aromatic rings. The van der Waals surface area contributed by atoms with Crippen LogP contribution in [-0.2, 0) is 4.79 Å². The van der Waals surface area contributed by atoms with Gasteiger partial charge in [-0.05, 0) is 31.1 Å². The molecule has 0 atom stereocenters. The van der Waals surface area contributed by atoms with E-state index in [0.29, 0.717) is 0 Å². The lowest BCUT2D eigenvalue weighted by Crippen LogP contribution is -2.36. The molecule has 1 fully saturated rings. The van der Waals surface area contributed by atoms with Crippen LogP contribution in [-0.4, -0.2) is 23.0 Å². The lowest BCUT2D eigenvalue weighted by atomic mass is 9.95. The van der Waals surface area contributed by atoms with Crippen molar-refractivity contribution < 1.29 is 19.1 Å². The highest BCUT2D eigenvalue weighted by Crippen LogP contribution is 2.18. The van der Waals surface area contributed by atoms with Crippen molar-refractivity contribution in [1.82, 2.24) is 5.32 Å². The van der Waals surface area contributed by atoms with Crippen LogP contribution < -0.4 is 5.32 Å². The average Bonchev–Trinajstić information content (AvgIpc) is 2.46. The summed E-state index contributed by atoms with van der Waals surface area (Å²) in [5.74, 6) is -2.04. The van der Waals surface area contributed by atoms with Crippen molar-refractivity contribution >= 4 is 18.0 Å². The summed E-state index contributed by atoms with van der Waals surface area (Å²) in [6.45, 7) is 0. The summed E-state index contributed by atoms with van der Waals surface area (Å²) in [5.41, 5.74) is 0.400. The number of carboxylic acid groups (broad SMARTS) is 1. The topological polar surface area (TPSA) is 66.4 Å². The number of halogens is 1. The molecule has 5 heteroatoms. The summed E-state index contributed by atoms with van der Waals surface area (Å²) in [4.78, 5) is 22.5. The predicted octanol–water partition coefficient (Wildman–Crippen LogP) is 2.99. The zero-order chi connectivity index (χ0) is 15.2. The second kappa shape index (κ2) is 7.02. The lowest BCUT2D eigenvalue weighted by Gasteiger charge is -2.22. The molecule has 0 aromatic heterocycles. The van der Waals surface area contributed by atoms with Crippen molar-refractivity contribution in [2.45, 2.75) is 38.1 Å². The van der Waals surface area contributed by atoms with Gasteiger partial charge in [-0.1, -0.05) is 25.3 Å². The molecule has 1 saturated carbocycles. The number of carbonyl (C=O) groups excluding carboxylic acids is 1. The van der Waals surface area contributed by atoms with Gasteiger partial charge in [0.05, 0.1) is 0 Å². The van der Waals surface area contributed by atoms with E-state index in [-0.39, 0.29) is 23.1 Å². The third-order valence-electron chi connectivity index (χ3n) is 3.61. The van der Waals surface area contributed by atoms with Crippen LogP contribution >= 0.6 is 0 Å². The van der Waals surface area contributed by atoms with E-state index < -0.39 is 11.8 Å². The Morgan fingerprint density at radius 1 is 1.24 bits per heavy atom. The highest BCUT2D eigenvalue weighted by molar-refractivity contribution is 5.94. The zero-order valence-corrected chi connectivity index (χ0v) is 11.6. The van der Waals surface area contributed by atoms with Gasteiger partial charge in [0.2, 0.25) is 0 Å². The van der Waals surface area contributed by atoms with Crippen LogP contribution in [0.15, 0.2) is 24.3 Å². The van der Waals surface area contributed by atoms with Crippen molar-refractivity contribution in [2.75, 3.05) is 0 Å². The van der Waals surface area contributed by atoms with Crippen LogP contribution in [0.5, 0.6) is 0 Å². The molecule has 1 aromatic carbocycles. The Morgan fingerprint density at radius 3 is 2.57 bits per heavy atom. The number of aliphatic carboxylic acids is 1. The Morgan fingerprint density at radius 2 is 1.95 bits per heavy atom. The highest BCUT2D eigenvalue weighted by Gasteiger charge is 2.17. The standard InChI is InChI=1S/C16H18FNO3/c17-14-10-12(7-6-11(14)8-9-15(19)20)16(21)18-13-4-2-1-3-5-13/h6-10,13H,1-5H2,(H,18,21)(H,19,20). The number of hydrogen-bond donors (Lipinski definition) is 2. The molecule has 0 unspecified atom stereocenters. The van der Waals surface area contributed by atoms with E-state index >= 15 is 0 Å². The van der Waals surface area contributed by atoms with E-state index in [1.54, 1.807) is 0 Å². The molecule has 0 bridgehead atoms. The third kappa shape index (κ3) is 4.41. The Labute approximate surface area is 122 Å². The minimum absolute atomic E-state index is 0.145. The number of hydrogen-bond acceptors (Lipinski definition) is 2. The third-order valence-corrected chi connectivity index (χ3v) is 3.61. The monoisotopic (exact) mass is 291 g/mol. The summed E-state index contributed by atoms with van der Waals surface area (Å²) in [5, 5.41) is 11.4. The molecule has 2 rings (SSSR count). The molecule has 2 N–H and O–H groups in total. The van der Waals surface area contributed by atoms with E-state index in [1.807, 2.05) is 0 Å². The first kappa shape index (κ1) is 15.2. The smallest absolute Gasteiger partial charge is 0.328 e. The van der Waals surface area contributed by atoms with E-state index in [9.17, 15) is 14.0 Å². The van der Waals surface area contributed by atoms with E-state index in [1.165, 1.54) is 24.6 Å². The maximum Gasteiger partial charge on any atom is 0.328 e. The minimum atomic E-state index is -1.14. The Bertz CT molecular complexity index is 563. The number of carbonyl (C=O) groups is 2. The Kier molecular flexibility index (Phi) is 5.09. The fraction of sp³-hybridized carbons (Fsp3) is 0.375. The Balaban J connectivity index is 2.04. The summed E-state index contributed by atoms with van der Waals surface area (Å²) in [6, 6.07) is 4.22. The first-order chi connectivity index (χ1) is 10.1. The van der Waals surface area contributed by atoms with Gasteiger partial charge < -0.3 is 10.4 Å². The van der Waals surface area contributed by atoms with Crippen LogP contribution in [0.2, 0.25) is 0 Å². The second-order valence-electron chi connectivity index (χ2n) is 5.22. The molecule has 0 radical (unpaired) electrons. The van der Waals surface area contributed by atoms with Crippen molar-refractivity contribution in [2.24, 2.45) is 0 Å². The zero-order valence-electron chi connectivity index (χ0n) is 11.6. The summed E-state index contributed by atoms with van der Waals surface area (Å²) in [6.07, 6.45) is 7.38. The number of carboxylic acids is 1. The SMILES string of the molecule is O=C(O)C=Cc1ccc(C(=O)NC2CCCCC2)cc1F. The van der Waals surface area contributed by atoms with Crippen LogP contribution in [0, 0.1) is 5.82 Å². The van der Waals surface area contributed by atoms with E-state index in [2.05, 4.69) is 5.32 Å². The molecule has 21 heavy (non-hydrogen) atoms. The molecule has 0 heterocycles. The van der Waals surface area contributed by atoms with Gasteiger partial charge in [0.25, 0.3) is 5.91 Å². The highest BCUT2D eigenvalue weighted by atomic mass is 19.1. The second-order valence-corrected chi connectivity index (χ2v) is 5.22. The molecule has 0 spiro atoms. The molecule has 1 amide bonds. The molecule has 4 nitrogen and oxygen atoms in total. The fourth-order valence-electron chi connectivity index (χ4n) is 2.48. The van der Waals surface area contributed by atoms with Gasteiger partial charge in [-0.2, -0.15) is 0 Å². The first-order valence-electron chi connectivity index (χ1n) is 7.07. The van der Waals surface area contributed by atoms with Crippen molar-refractivity contribution in [3.8, 4) is 0 Å². The van der Waals surface area contributed by atoms with Crippen LogP contribution in [0.3, 0.4) is 0 Å². The molecule has 112 valence electrons. The van der Waals surface area contributed by atoms with Gasteiger partial charge in [-0.25, -0.2) is 9.18 Å². The van der Waals surface area contributed by atoms with Crippen molar-refractivity contribution in [1.29, 1.82) is 0 Å².